The third-order valence-electron chi connectivity index (χ3n) is 4.60. The zero-order valence-corrected chi connectivity index (χ0v) is 17.6. The lowest BCUT2D eigenvalue weighted by Crippen LogP contribution is -2.32. The largest absolute Gasteiger partial charge is 0.354 e. The van der Waals surface area contributed by atoms with Crippen molar-refractivity contribution in [1.29, 1.82) is 0 Å². The van der Waals surface area contributed by atoms with E-state index >= 15 is 0 Å². The highest BCUT2D eigenvalue weighted by molar-refractivity contribution is 7.89. The molecule has 0 aliphatic heterocycles. The Bertz CT molecular complexity index is 903. The molecule has 0 saturated heterocycles. The fourth-order valence-electron chi connectivity index (χ4n) is 3.15. The standard InChI is InChI=1S/C19H30N4O3S/c1-6-8-14(3)20-19(24)12-11-18-21-16-13-15(27(25,26)22(4)5)9-10-17(16)23(18)7-2/h9-10,13-14H,6-8,11-12H2,1-5H3,(H,20,24). The Morgan fingerprint density at radius 2 is 2.00 bits per heavy atom. The average molecular weight is 395 g/mol. The first-order chi connectivity index (χ1) is 12.7. The summed E-state index contributed by atoms with van der Waals surface area (Å²) in [6.07, 6.45) is 2.87. The summed E-state index contributed by atoms with van der Waals surface area (Å²) in [4.78, 5) is 17.0. The number of hydrogen-bond acceptors (Lipinski definition) is 4. The fraction of sp³-hybridized carbons (Fsp3) is 0.579. The molecule has 1 amide bonds. The number of nitrogens with one attached hydrogen (secondary N) is 1. The first-order valence-corrected chi connectivity index (χ1v) is 10.9. The maximum atomic E-state index is 12.3. The van der Waals surface area contributed by atoms with Crippen LogP contribution in [0.15, 0.2) is 23.1 Å². The van der Waals surface area contributed by atoms with E-state index < -0.39 is 10.0 Å². The van der Waals surface area contributed by atoms with Crippen molar-refractivity contribution < 1.29 is 13.2 Å². The van der Waals surface area contributed by atoms with E-state index in [1.807, 2.05) is 18.4 Å². The van der Waals surface area contributed by atoms with Crippen LogP contribution in [0.5, 0.6) is 0 Å². The summed E-state index contributed by atoms with van der Waals surface area (Å²) in [6.45, 7) is 6.82. The van der Waals surface area contributed by atoms with Gasteiger partial charge < -0.3 is 9.88 Å². The van der Waals surface area contributed by atoms with Crippen molar-refractivity contribution >= 4 is 27.0 Å². The summed E-state index contributed by atoms with van der Waals surface area (Å²) in [5.74, 6) is 0.812. The van der Waals surface area contributed by atoms with Crippen molar-refractivity contribution in [3.8, 4) is 0 Å². The molecule has 0 aliphatic rings. The van der Waals surface area contributed by atoms with Gasteiger partial charge in [0.15, 0.2) is 0 Å². The van der Waals surface area contributed by atoms with Gasteiger partial charge in [0.1, 0.15) is 5.82 Å². The topological polar surface area (TPSA) is 84.3 Å². The Balaban J connectivity index is 2.24. The van der Waals surface area contributed by atoms with Gasteiger partial charge >= 0.3 is 0 Å². The summed E-state index contributed by atoms with van der Waals surface area (Å²) in [5, 5.41) is 3.00. The predicted octanol–water partition coefficient (Wildman–Crippen LogP) is 2.54. The van der Waals surface area contributed by atoms with Gasteiger partial charge in [-0.25, -0.2) is 17.7 Å². The van der Waals surface area contributed by atoms with Gasteiger partial charge in [0.05, 0.1) is 15.9 Å². The van der Waals surface area contributed by atoms with E-state index in [-0.39, 0.29) is 16.8 Å². The normalized spacial score (nSPS) is 13.3. The highest BCUT2D eigenvalue weighted by Crippen LogP contribution is 2.22. The molecule has 8 heteroatoms. The molecule has 7 nitrogen and oxygen atoms in total. The second-order valence-electron chi connectivity index (χ2n) is 6.97. The molecule has 0 aliphatic carbocycles. The predicted molar refractivity (Wildman–Crippen MR) is 107 cm³/mol. The molecule has 0 bridgehead atoms. The lowest BCUT2D eigenvalue weighted by atomic mass is 10.2. The maximum Gasteiger partial charge on any atom is 0.242 e. The summed E-state index contributed by atoms with van der Waals surface area (Å²) in [7, 11) is -0.488. The number of sulfonamides is 1. The molecule has 2 rings (SSSR count). The number of fused-ring (bicyclic) bond motifs is 1. The van der Waals surface area contributed by atoms with Crippen LogP contribution in [0, 0.1) is 0 Å². The molecule has 27 heavy (non-hydrogen) atoms. The zero-order valence-electron chi connectivity index (χ0n) is 16.8. The minimum absolute atomic E-state index is 0.0153. The molecule has 1 atom stereocenters. The molecule has 150 valence electrons. The van der Waals surface area contributed by atoms with Crippen LogP contribution >= 0.6 is 0 Å². The van der Waals surface area contributed by atoms with Crippen LogP contribution in [0.3, 0.4) is 0 Å². The van der Waals surface area contributed by atoms with Crippen molar-refractivity contribution in [1.82, 2.24) is 19.2 Å². The molecular weight excluding hydrogens is 364 g/mol. The van der Waals surface area contributed by atoms with E-state index in [2.05, 4.69) is 17.2 Å². The number of imidazole rings is 1. The van der Waals surface area contributed by atoms with Gasteiger partial charge in [0.25, 0.3) is 0 Å². The fourth-order valence-corrected chi connectivity index (χ4v) is 4.07. The van der Waals surface area contributed by atoms with Crippen LogP contribution in [0.4, 0.5) is 0 Å². The van der Waals surface area contributed by atoms with E-state index in [1.54, 1.807) is 18.2 Å². The number of rotatable bonds is 9. The van der Waals surface area contributed by atoms with Crippen molar-refractivity contribution in [2.24, 2.45) is 0 Å². The SMILES string of the molecule is CCCC(C)NC(=O)CCc1nc2cc(S(=O)(=O)N(C)C)ccc2n1CC. The molecule has 1 unspecified atom stereocenters. The van der Waals surface area contributed by atoms with Crippen LogP contribution < -0.4 is 5.32 Å². The van der Waals surface area contributed by atoms with Gasteiger partial charge in [-0.2, -0.15) is 0 Å². The average Bonchev–Trinajstić information content (AvgIpc) is 2.96. The second kappa shape index (κ2) is 8.84. The number of aromatic nitrogens is 2. The Hall–Kier alpha value is -1.93. The van der Waals surface area contributed by atoms with E-state index in [0.29, 0.717) is 24.9 Å². The first-order valence-electron chi connectivity index (χ1n) is 9.41. The molecule has 0 fully saturated rings. The quantitative estimate of drug-likeness (QED) is 0.708. The van der Waals surface area contributed by atoms with Gasteiger partial charge in [0.2, 0.25) is 15.9 Å². The van der Waals surface area contributed by atoms with Crippen molar-refractivity contribution in [3.63, 3.8) is 0 Å². The molecule has 0 spiro atoms. The van der Waals surface area contributed by atoms with Crippen molar-refractivity contribution in [2.45, 2.75) is 63.9 Å². The number of carbonyl (C=O) groups excluding carboxylic acids is 1. The number of carbonyl (C=O) groups is 1. The molecular formula is C19H30N4O3S. The van der Waals surface area contributed by atoms with Crippen LogP contribution in [0.1, 0.15) is 45.9 Å². The lowest BCUT2D eigenvalue weighted by Gasteiger charge is -2.12. The molecule has 1 heterocycles. The van der Waals surface area contributed by atoms with E-state index in [1.165, 1.54) is 18.4 Å². The summed E-state index contributed by atoms with van der Waals surface area (Å²) < 4.78 is 27.9. The van der Waals surface area contributed by atoms with Crippen molar-refractivity contribution in [3.05, 3.63) is 24.0 Å². The summed E-state index contributed by atoms with van der Waals surface area (Å²) >= 11 is 0. The third-order valence-corrected chi connectivity index (χ3v) is 6.41. The number of nitrogens with zero attached hydrogens (tertiary/aromatic N) is 3. The smallest absolute Gasteiger partial charge is 0.242 e. The Morgan fingerprint density at radius 1 is 1.30 bits per heavy atom. The van der Waals surface area contributed by atoms with Crippen LogP contribution in [-0.4, -0.2) is 48.3 Å². The number of benzene rings is 1. The zero-order chi connectivity index (χ0) is 20.2. The van der Waals surface area contributed by atoms with Gasteiger partial charge in [-0.15, -0.1) is 0 Å². The number of hydrogen-bond donors (Lipinski definition) is 1. The molecule has 1 aromatic carbocycles. The highest BCUT2D eigenvalue weighted by Gasteiger charge is 2.19. The maximum absolute atomic E-state index is 12.3. The third kappa shape index (κ3) is 4.87. The second-order valence-corrected chi connectivity index (χ2v) is 9.12. The monoisotopic (exact) mass is 394 g/mol. The Kier molecular flexibility index (Phi) is 7.00. The van der Waals surface area contributed by atoms with Gasteiger partial charge in [0, 0.05) is 39.5 Å². The molecule has 2 aromatic rings. The van der Waals surface area contributed by atoms with E-state index in [9.17, 15) is 13.2 Å². The van der Waals surface area contributed by atoms with Gasteiger partial charge in [-0.05, 0) is 38.5 Å². The number of amides is 1. The molecule has 0 radical (unpaired) electrons. The molecule has 1 aromatic heterocycles. The Labute approximate surface area is 161 Å². The minimum Gasteiger partial charge on any atom is -0.354 e. The van der Waals surface area contributed by atoms with E-state index in [0.717, 1.165) is 24.2 Å². The van der Waals surface area contributed by atoms with Crippen LogP contribution in [0.25, 0.3) is 11.0 Å². The van der Waals surface area contributed by atoms with Gasteiger partial charge in [-0.3, -0.25) is 4.79 Å². The number of aryl methyl sites for hydroxylation is 2. The van der Waals surface area contributed by atoms with Crippen LogP contribution in [-0.2, 0) is 27.8 Å². The van der Waals surface area contributed by atoms with Crippen molar-refractivity contribution in [2.75, 3.05) is 14.1 Å². The first kappa shape index (κ1) is 21.4. The van der Waals surface area contributed by atoms with Crippen LogP contribution in [0.2, 0.25) is 0 Å². The molecule has 1 N–H and O–H groups in total. The Morgan fingerprint density at radius 3 is 2.59 bits per heavy atom. The summed E-state index contributed by atoms with van der Waals surface area (Å²) in [6, 6.07) is 5.17. The highest BCUT2D eigenvalue weighted by atomic mass is 32.2. The minimum atomic E-state index is -3.50. The summed E-state index contributed by atoms with van der Waals surface area (Å²) in [5.41, 5.74) is 1.51. The molecule has 0 saturated carbocycles. The lowest BCUT2D eigenvalue weighted by molar-refractivity contribution is -0.121. The van der Waals surface area contributed by atoms with Gasteiger partial charge in [-0.1, -0.05) is 13.3 Å². The van der Waals surface area contributed by atoms with E-state index in [4.69, 9.17) is 0 Å².